The molecule has 0 aliphatic heterocycles. The zero-order valence-corrected chi connectivity index (χ0v) is 10.9. The molecule has 0 aromatic carbocycles. The number of likely N-dealkylation sites (N-methyl/N-ethyl adjacent to an activating group) is 2. The number of aliphatic hydroxyl groups excluding tert-OH is 1. The number of rotatable bonds is 5. The third kappa shape index (κ3) is 6.63. The van der Waals surface area contributed by atoms with Crippen molar-refractivity contribution in [3.05, 3.63) is 0 Å². The van der Waals surface area contributed by atoms with E-state index in [1.165, 1.54) is 4.90 Å². The normalized spacial score (nSPS) is 13.4. The van der Waals surface area contributed by atoms with Gasteiger partial charge in [-0.25, -0.2) is 4.79 Å². The summed E-state index contributed by atoms with van der Waals surface area (Å²) in [6.45, 7) is 8.59. The lowest BCUT2D eigenvalue weighted by molar-refractivity contribution is 0.0161. The Bertz CT molecular complexity index is 214. The van der Waals surface area contributed by atoms with Gasteiger partial charge in [0, 0.05) is 13.1 Å². The van der Waals surface area contributed by atoms with Crippen molar-refractivity contribution in [2.24, 2.45) is 0 Å². The molecule has 1 amide bonds. The molecule has 0 aliphatic rings. The third-order valence-corrected chi connectivity index (χ3v) is 1.90. The van der Waals surface area contributed by atoms with E-state index < -0.39 is 11.7 Å². The molecular formula is C11H24N2O3. The second kappa shape index (κ2) is 6.70. The minimum Gasteiger partial charge on any atom is -0.444 e. The van der Waals surface area contributed by atoms with Crippen LogP contribution in [0.2, 0.25) is 0 Å². The van der Waals surface area contributed by atoms with E-state index in [1.807, 2.05) is 27.7 Å². The molecule has 2 N–H and O–H groups in total. The predicted octanol–water partition coefficient (Wildman–Crippen LogP) is 0.824. The van der Waals surface area contributed by atoms with E-state index in [2.05, 4.69) is 5.32 Å². The van der Waals surface area contributed by atoms with Crippen molar-refractivity contribution in [1.82, 2.24) is 10.2 Å². The maximum absolute atomic E-state index is 11.7. The number of nitrogens with one attached hydrogen (secondary N) is 1. The summed E-state index contributed by atoms with van der Waals surface area (Å²) in [6.07, 6.45) is -0.956. The number of hydrogen-bond donors (Lipinski definition) is 2. The molecule has 0 saturated carbocycles. The van der Waals surface area contributed by atoms with Crippen molar-refractivity contribution >= 4 is 6.09 Å². The summed E-state index contributed by atoms with van der Waals surface area (Å²) < 4.78 is 5.23. The van der Waals surface area contributed by atoms with Gasteiger partial charge < -0.3 is 20.1 Å². The Hall–Kier alpha value is -0.810. The van der Waals surface area contributed by atoms with E-state index in [1.54, 1.807) is 7.05 Å². The molecule has 5 nitrogen and oxygen atoms in total. The number of carbonyl (C=O) groups excluding carboxylic acids is 1. The minimum atomic E-state index is -0.572. The van der Waals surface area contributed by atoms with Crippen LogP contribution in [0.4, 0.5) is 4.79 Å². The van der Waals surface area contributed by atoms with Crippen LogP contribution in [-0.4, -0.2) is 54.5 Å². The van der Waals surface area contributed by atoms with Gasteiger partial charge in [-0.15, -0.1) is 0 Å². The highest BCUT2D eigenvalue weighted by atomic mass is 16.6. The molecule has 96 valence electrons. The van der Waals surface area contributed by atoms with E-state index in [4.69, 9.17) is 4.74 Å². The summed E-state index contributed by atoms with van der Waals surface area (Å²) in [5.41, 5.74) is -0.502. The first-order chi connectivity index (χ1) is 7.30. The maximum atomic E-state index is 11.7. The van der Waals surface area contributed by atoms with Crippen LogP contribution in [0.5, 0.6) is 0 Å². The van der Waals surface area contributed by atoms with E-state index in [0.717, 1.165) is 0 Å². The summed E-state index contributed by atoms with van der Waals surface area (Å²) in [7, 11) is 1.76. The van der Waals surface area contributed by atoms with Gasteiger partial charge in [0.15, 0.2) is 0 Å². The van der Waals surface area contributed by atoms with Crippen LogP contribution in [0, 0.1) is 0 Å². The molecule has 0 rings (SSSR count). The zero-order valence-electron chi connectivity index (χ0n) is 10.9. The van der Waals surface area contributed by atoms with Gasteiger partial charge in [-0.05, 0) is 34.7 Å². The topological polar surface area (TPSA) is 61.8 Å². The summed E-state index contributed by atoms with van der Waals surface area (Å²) in [5.74, 6) is 0. The molecule has 0 saturated heterocycles. The molecule has 0 heterocycles. The summed E-state index contributed by atoms with van der Waals surface area (Å²) in [6, 6.07) is 0. The summed E-state index contributed by atoms with van der Waals surface area (Å²) in [4.78, 5) is 13.2. The molecule has 5 heteroatoms. The van der Waals surface area contributed by atoms with Crippen LogP contribution in [-0.2, 0) is 4.74 Å². The predicted molar refractivity (Wildman–Crippen MR) is 63.4 cm³/mol. The van der Waals surface area contributed by atoms with Crippen molar-refractivity contribution in [3.63, 3.8) is 0 Å². The fourth-order valence-corrected chi connectivity index (χ4v) is 1.21. The Kier molecular flexibility index (Phi) is 6.36. The van der Waals surface area contributed by atoms with Gasteiger partial charge in [-0.2, -0.15) is 0 Å². The molecule has 0 fully saturated rings. The molecule has 0 radical (unpaired) electrons. The van der Waals surface area contributed by atoms with E-state index in [9.17, 15) is 9.90 Å². The number of ether oxygens (including phenoxy) is 1. The average Bonchev–Trinajstić information content (AvgIpc) is 2.11. The number of carbonyl (C=O) groups is 1. The molecule has 0 aliphatic carbocycles. The highest BCUT2D eigenvalue weighted by Gasteiger charge is 2.22. The van der Waals surface area contributed by atoms with Gasteiger partial charge in [-0.3, -0.25) is 0 Å². The first kappa shape index (κ1) is 15.2. The fourth-order valence-electron chi connectivity index (χ4n) is 1.21. The lowest BCUT2D eigenvalue weighted by atomic mass is 10.2. The van der Waals surface area contributed by atoms with Crippen molar-refractivity contribution in [1.29, 1.82) is 0 Å². The Labute approximate surface area is 97.8 Å². The van der Waals surface area contributed by atoms with Gasteiger partial charge >= 0.3 is 6.09 Å². The van der Waals surface area contributed by atoms with E-state index in [0.29, 0.717) is 13.1 Å². The second-order valence-electron chi connectivity index (χ2n) is 4.73. The van der Waals surface area contributed by atoms with Gasteiger partial charge in [0.25, 0.3) is 0 Å². The second-order valence-corrected chi connectivity index (χ2v) is 4.73. The van der Waals surface area contributed by atoms with Crippen molar-refractivity contribution < 1.29 is 14.6 Å². The first-order valence-electron chi connectivity index (χ1n) is 5.60. The van der Waals surface area contributed by atoms with E-state index >= 15 is 0 Å². The third-order valence-electron chi connectivity index (χ3n) is 1.90. The molecule has 0 aromatic rings. The van der Waals surface area contributed by atoms with Crippen LogP contribution < -0.4 is 5.32 Å². The van der Waals surface area contributed by atoms with Gasteiger partial charge in [0.1, 0.15) is 5.60 Å². The highest BCUT2D eigenvalue weighted by Crippen LogP contribution is 2.10. The van der Waals surface area contributed by atoms with Crippen LogP contribution in [0.15, 0.2) is 0 Å². The van der Waals surface area contributed by atoms with Crippen molar-refractivity contribution in [2.75, 3.05) is 26.7 Å². The molecule has 0 aromatic heterocycles. The lowest BCUT2D eigenvalue weighted by Crippen LogP contribution is -2.43. The Morgan fingerprint density at radius 3 is 2.44 bits per heavy atom. The van der Waals surface area contributed by atoms with Gasteiger partial charge in [-0.1, -0.05) is 0 Å². The molecule has 1 atom stereocenters. The largest absolute Gasteiger partial charge is 0.444 e. The Morgan fingerprint density at radius 2 is 2.06 bits per heavy atom. The molecule has 0 spiro atoms. The lowest BCUT2D eigenvalue weighted by Gasteiger charge is -2.27. The van der Waals surface area contributed by atoms with Crippen molar-refractivity contribution in [3.8, 4) is 0 Å². The molecule has 0 bridgehead atoms. The van der Waals surface area contributed by atoms with Gasteiger partial charge in [0.2, 0.25) is 0 Å². The first-order valence-corrected chi connectivity index (χ1v) is 5.60. The SMILES string of the molecule is CCN(C[C@H](O)CNC)C(=O)OC(C)(C)C. The van der Waals surface area contributed by atoms with Crippen LogP contribution in [0.3, 0.4) is 0 Å². The standard InChI is InChI=1S/C11H24N2O3/c1-6-13(8-9(14)7-12-5)10(15)16-11(2,3)4/h9,12,14H,6-8H2,1-5H3/t9-/m1/s1. The number of nitrogens with zero attached hydrogens (tertiary/aromatic N) is 1. The average molecular weight is 232 g/mol. The number of amides is 1. The Balaban J connectivity index is 4.22. The summed E-state index contributed by atoms with van der Waals surface area (Å²) in [5, 5.41) is 12.4. The van der Waals surface area contributed by atoms with Crippen molar-refractivity contribution in [2.45, 2.75) is 39.4 Å². The van der Waals surface area contributed by atoms with Gasteiger partial charge in [0.05, 0.1) is 12.6 Å². The highest BCUT2D eigenvalue weighted by molar-refractivity contribution is 5.68. The van der Waals surface area contributed by atoms with Crippen LogP contribution >= 0.6 is 0 Å². The maximum Gasteiger partial charge on any atom is 0.410 e. The molecule has 0 unspecified atom stereocenters. The minimum absolute atomic E-state index is 0.284. The van der Waals surface area contributed by atoms with Crippen LogP contribution in [0.1, 0.15) is 27.7 Å². The smallest absolute Gasteiger partial charge is 0.410 e. The molecule has 16 heavy (non-hydrogen) atoms. The number of aliphatic hydroxyl groups is 1. The summed E-state index contributed by atoms with van der Waals surface area (Å²) >= 11 is 0. The van der Waals surface area contributed by atoms with Crippen LogP contribution in [0.25, 0.3) is 0 Å². The Morgan fingerprint density at radius 1 is 1.50 bits per heavy atom. The van der Waals surface area contributed by atoms with E-state index in [-0.39, 0.29) is 12.6 Å². The molecular weight excluding hydrogens is 208 g/mol. The monoisotopic (exact) mass is 232 g/mol. The fraction of sp³-hybridized carbons (Fsp3) is 0.909. The zero-order chi connectivity index (χ0) is 12.8. The quantitative estimate of drug-likeness (QED) is 0.737. The number of hydrogen-bond acceptors (Lipinski definition) is 4.